The molecule has 0 saturated heterocycles. The van der Waals surface area contributed by atoms with Crippen LogP contribution in [0.4, 0.5) is 5.95 Å². The van der Waals surface area contributed by atoms with Crippen LogP contribution < -0.4 is 10.1 Å². The first-order valence-corrected chi connectivity index (χ1v) is 9.41. The molecule has 0 atom stereocenters. The lowest BCUT2D eigenvalue weighted by atomic mass is 10.0. The van der Waals surface area contributed by atoms with E-state index in [4.69, 9.17) is 27.9 Å². The number of ether oxygens (including phenoxy) is 1. The molecule has 0 spiro atoms. The smallest absolute Gasteiger partial charge is 0.242 e. The first-order valence-electron chi connectivity index (χ1n) is 8.65. The monoisotopic (exact) mass is 413 g/mol. The average Bonchev–Trinajstić information content (AvgIpc) is 3.10. The normalized spacial score (nSPS) is 11.0. The second-order valence-corrected chi connectivity index (χ2v) is 7.11. The van der Waals surface area contributed by atoms with E-state index in [0.717, 1.165) is 27.6 Å². The Labute approximate surface area is 172 Å². The number of nitrogens with zero attached hydrogens (tertiary/aromatic N) is 4. The minimum atomic E-state index is 0.340. The Bertz CT molecular complexity index is 1130. The summed E-state index contributed by atoms with van der Waals surface area (Å²) in [6.07, 6.45) is 0. The maximum Gasteiger partial charge on any atom is 0.242 e. The first-order chi connectivity index (χ1) is 13.6. The number of halogens is 2. The van der Waals surface area contributed by atoms with Crippen molar-refractivity contribution in [2.75, 3.05) is 5.32 Å². The van der Waals surface area contributed by atoms with Crippen LogP contribution in [0.3, 0.4) is 0 Å². The molecule has 4 rings (SSSR count). The van der Waals surface area contributed by atoms with Crippen molar-refractivity contribution in [1.29, 1.82) is 0 Å². The zero-order chi connectivity index (χ0) is 19.5. The summed E-state index contributed by atoms with van der Waals surface area (Å²) in [7, 11) is 1.78. The zero-order valence-corrected chi connectivity index (χ0v) is 16.6. The topological polar surface area (TPSA) is 64.9 Å². The average molecular weight is 414 g/mol. The number of fused-ring (bicyclic) bond motifs is 1. The Morgan fingerprint density at radius 2 is 1.93 bits per heavy atom. The third kappa shape index (κ3) is 3.88. The second kappa shape index (κ2) is 8.04. The molecule has 3 aromatic carbocycles. The van der Waals surface area contributed by atoms with Crippen molar-refractivity contribution in [2.24, 2.45) is 7.05 Å². The molecule has 142 valence electrons. The minimum absolute atomic E-state index is 0.340. The highest BCUT2D eigenvalue weighted by Crippen LogP contribution is 2.30. The second-order valence-electron chi connectivity index (χ2n) is 6.27. The molecule has 1 heterocycles. The summed E-state index contributed by atoms with van der Waals surface area (Å²) in [5, 5.41) is 18.1. The Morgan fingerprint density at radius 1 is 1.07 bits per heavy atom. The summed E-state index contributed by atoms with van der Waals surface area (Å²) in [6.45, 7) is 0.853. The van der Waals surface area contributed by atoms with Gasteiger partial charge in [0.25, 0.3) is 0 Å². The van der Waals surface area contributed by atoms with Crippen molar-refractivity contribution < 1.29 is 4.74 Å². The Morgan fingerprint density at radius 3 is 2.71 bits per heavy atom. The number of hydrogen-bond acceptors (Lipinski definition) is 5. The predicted octanol–water partition coefficient (Wildman–Crippen LogP) is 4.86. The van der Waals surface area contributed by atoms with Crippen molar-refractivity contribution in [2.45, 2.75) is 13.2 Å². The van der Waals surface area contributed by atoms with Gasteiger partial charge >= 0.3 is 0 Å². The standard InChI is InChI=1S/C20H17Cl2N5O/c1-27-20(24-25-26-27)23-11-17-16-5-3-2-4-13(16)7-9-19(17)28-12-14-6-8-15(21)10-18(14)22/h2-10H,11-12H2,1H3,(H,23,24,26). The number of hydrogen-bond donors (Lipinski definition) is 1. The van der Waals surface area contributed by atoms with Crippen LogP contribution in [0, 0.1) is 0 Å². The highest BCUT2D eigenvalue weighted by Gasteiger charge is 2.12. The van der Waals surface area contributed by atoms with E-state index in [-0.39, 0.29) is 0 Å². The molecule has 0 amide bonds. The fraction of sp³-hybridized carbons (Fsp3) is 0.150. The summed E-state index contributed by atoms with van der Waals surface area (Å²) in [4.78, 5) is 0. The van der Waals surface area contributed by atoms with E-state index in [9.17, 15) is 0 Å². The number of tetrazole rings is 1. The molecule has 0 aliphatic carbocycles. The van der Waals surface area contributed by atoms with Gasteiger partial charge in [-0.3, -0.25) is 0 Å². The fourth-order valence-electron chi connectivity index (χ4n) is 2.97. The number of anilines is 1. The first kappa shape index (κ1) is 18.5. The molecule has 0 aliphatic rings. The van der Waals surface area contributed by atoms with Gasteiger partial charge in [-0.15, -0.1) is 0 Å². The fourth-order valence-corrected chi connectivity index (χ4v) is 3.44. The summed E-state index contributed by atoms with van der Waals surface area (Å²) in [5.41, 5.74) is 1.89. The SMILES string of the molecule is Cn1nnnc1NCc1c(OCc2ccc(Cl)cc2Cl)ccc2ccccc12. The Hall–Kier alpha value is -2.83. The maximum atomic E-state index is 6.28. The van der Waals surface area contributed by atoms with Crippen molar-refractivity contribution in [3.63, 3.8) is 0 Å². The highest BCUT2D eigenvalue weighted by molar-refractivity contribution is 6.35. The van der Waals surface area contributed by atoms with Crippen LogP contribution in [0.5, 0.6) is 5.75 Å². The van der Waals surface area contributed by atoms with Gasteiger partial charge in [0.1, 0.15) is 12.4 Å². The molecule has 0 saturated carbocycles. The van der Waals surface area contributed by atoms with Crippen LogP contribution in [-0.4, -0.2) is 20.2 Å². The van der Waals surface area contributed by atoms with Gasteiger partial charge in [0.2, 0.25) is 5.95 Å². The number of rotatable bonds is 6. The van der Waals surface area contributed by atoms with Crippen LogP contribution in [0.15, 0.2) is 54.6 Å². The van der Waals surface area contributed by atoms with E-state index >= 15 is 0 Å². The van der Waals surface area contributed by atoms with Gasteiger partial charge in [-0.2, -0.15) is 0 Å². The van der Waals surface area contributed by atoms with Crippen LogP contribution in [0.25, 0.3) is 10.8 Å². The summed E-state index contributed by atoms with van der Waals surface area (Å²) in [6, 6.07) is 17.6. The van der Waals surface area contributed by atoms with Crippen molar-refractivity contribution in [3.05, 3.63) is 75.8 Å². The lowest BCUT2D eigenvalue weighted by molar-refractivity contribution is 0.304. The summed E-state index contributed by atoms with van der Waals surface area (Å²) in [5.74, 6) is 1.35. The number of nitrogens with one attached hydrogen (secondary N) is 1. The van der Waals surface area contributed by atoms with Crippen molar-refractivity contribution in [1.82, 2.24) is 20.2 Å². The molecule has 0 unspecified atom stereocenters. The van der Waals surface area contributed by atoms with E-state index in [1.165, 1.54) is 0 Å². The molecule has 1 N–H and O–H groups in total. The lowest BCUT2D eigenvalue weighted by Gasteiger charge is -2.15. The third-order valence-electron chi connectivity index (χ3n) is 4.44. The quantitative estimate of drug-likeness (QED) is 0.488. The van der Waals surface area contributed by atoms with Crippen LogP contribution in [0.1, 0.15) is 11.1 Å². The largest absolute Gasteiger partial charge is 0.488 e. The number of aryl methyl sites for hydroxylation is 1. The molecule has 0 fully saturated rings. The molecule has 0 bridgehead atoms. The van der Waals surface area contributed by atoms with E-state index < -0.39 is 0 Å². The van der Waals surface area contributed by atoms with Gasteiger partial charge in [0.15, 0.2) is 0 Å². The summed E-state index contributed by atoms with van der Waals surface area (Å²) < 4.78 is 7.71. The van der Waals surface area contributed by atoms with E-state index in [1.807, 2.05) is 30.3 Å². The lowest BCUT2D eigenvalue weighted by Crippen LogP contribution is -2.08. The Kier molecular flexibility index (Phi) is 5.32. The van der Waals surface area contributed by atoms with Gasteiger partial charge in [-0.25, -0.2) is 4.68 Å². The van der Waals surface area contributed by atoms with Crippen LogP contribution in [-0.2, 0) is 20.2 Å². The number of aromatic nitrogens is 4. The molecule has 1 aromatic heterocycles. The molecular weight excluding hydrogens is 397 g/mol. The molecule has 6 nitrogen and oxygen atoms in total. The Balaban J connectivity index is 1.64. The molecule has 0 aliphatic heterocycles. The number of benzene rings is 3. The molecule has 8 heteroatoms. The molecule has 4 aromatic rings. The van der Waals surface area contributed by atoms with Gasteiger partial charge in [0.05, 0.1) is 0 Å². The van der Waals surface area contributed by atoms with Crippen LogP contribution >= 0.6 is 23.2 Å². The summed E-state index contributed by atoms with van der Waals surface area (Å²) >= 11 is 12.3. The van der Waals surface area contributed by atoms with E-state index in [0.29, 0.717) is 29.1 Å². The molecule has 28 heavy (non-hydrogen) atoms. The minimum Gasteiger partial charge on any atom is -0.488 e. The highest BCUT2D eigenvalue weighted by atomic mass is 35.5. The van der Waals surface area contributed by atoms with Gasteiger partial charge in [-0.1, -0.05) is 64.7 Å². The van der Waals surface area contributed by atoms with Crippen molar-refractivity contribution in [3.8, 4) is 5.75 Å². The zero-order valence-electron chi connectivity index (χ0n) is 15.1. The molecule has 0 radical (unpaired) electrons. The van der Waals surface area contributed by atoms with E-state index in [2.05, 4.69) is 33.0 Å². The van der Waals surface area contributed by atoms with Crippen LogP contribution in [0.2, 0.25) is 10.0 Å². The predicted molar refractivity (Wildman–Crippen MR) is 111 cm³/mol. The third-order valence-corrected chi connectivity index (χ3v) is 5.03. The van der Waals surface area contributed by atoms with Crippen molar-refractivity contribution >= 4 is 39.9 Å². The maximum absolute atomic E-state index is 6.28. The van der Waals surface area contributed by atoms with Gasteiger partial charge in [0, 0.05) is 34.8 Å². The molecular formula is C20H17Cl2N5O. The van der Waals surface area contributed by atoms with E-state index in [1.54, 1.807) is 23.9 Å². The van der Waals surface area contributed by atoms with Gasteiger partial charge in [-0.05, 0) is 39.4 Å². The van der Waals surface area contributed by atoms with Gasteiger partial charge < -0.3 is 10.1 Å².